The van der Waals surface area contributed by atoms with E-state index in [-0.39, 0.29) is 0 Å². The van der Waals surface area contributed by atoms with Crippen LogP contribution < -0.4 is 16.4 Å². The van der Waals surface area contributed by atoms with E-state index in [1.807, 2.05) is 10.6 Å². The zero-order valence-corrected chi connectivity index (χ0v) is 10.1. The van der Waals surface area contributed by atoms with Crippen molar-refractivity contribution in [1.29, 1.82) is 0 Å². The summed E-state index contributed by atoms with van der Waals surface area (Å²) in [4.78, 5) is 21.9. The summed E-state index contributed by atoms with van der Waals surface area (Å²) >= 11 is 0. The van der Waals surface area contributed by atoms with E-state index < -0.39 is 42.0 Å². The lowest BCUT2D eigenvalue weighted by Crippen LogP contribution is -2.41. The summed E-state index contributed by atoms with van der Waals surface area (Å²) in [5.74, 6) is -1.05. The van der Waals surface area contributed by atoms with Crippen LogP contribution in [0.25, 0.3) is 0 Å². The number of para-hydroxylation sites is 1. The molecule has 3 amide bonds. The Morgan fingerprint density at radius 2 is 1.90 bits per heavy atom. The predicted molar refractivity (Wildman–Crippen MR) is 63.7 cm³/mol. The van der Waals surface area contributed by atoms with Gasteiger partial charge in [0.05, 0.1) is 17.8 Å². The third-order valence-electron chi connectivity index (χ3n) is 2.27. The number of anilines is 1. The van der Waals surface area contributed by atoms with Crippen molar-refractivity contribution in [3.63, 3.8) is 0 Å². The first kappa shape index (κ1) is 15.8. The van der Waals surface area contributed by atoms with E-state index >= 15 is 0 Å². The van der Waals surface area contributed by atoms with Gasteiger partial charge in [-0.1, -0.05) is 12.1 Å². The van der Waals surface area contributed by atoms with Gasteiger partial charge in [0.25, 0.3) is 0 Å². The molecule has 0 saturated carbocycles. The Morgan fingerprint density at radius 1 is 1.30 bits per heavy atom. The van der Waals surface area contributed by atoms with Crippen molar-refractivity contribution in [2.24, 2.45) is 5.73 Å². The van der Waals surface area contributed by atoms with Crippen molar-refractivity contribution in [3.8, 4) is 0 Å². The average Bonchev–Trinajstić information content (AvgIpc) is 2.35. The van der Waals surface area contributed by atoms with Crippen molar-refractivity contribution < 1.29 is 27.9 Å². The number of benzene rings is 1. The maximum atomic E-state index is 12.6. The molecule has 0 aromatic heterocycles. The highest BCUT2D eigenvalue weighted by Crippen LogP contribution is 2.34. The molecular weight excluding hydrogens is 279 g/mol. The molecule has 110 valence electrons. The molecule has 1 rings (SSSR count). The fraction of sp³-hybridized carbons (Fsp3) is 0.273. The van der Waals surface area contributed by atoms with Crippen LogP contribution in [0.3, 0.4) is 0 Å². The maximum Gasteiger partial charge on any atom is 0.418 e. The second-order valence-electron chi connectivity index (χ2n) is 3.80. The predicted octanol–water partition coefficient (Wildman–Crippen LogP) is 0.673. The quantitative estimate of drug-likeness (QED) is 0.655. The Kier molecular flexibility index (Phi) is 4.92. The molecule has 0 bridgehead atoms. The number of aliphatic hydroxyl groups is 1. The van der Waals surface area contributed by atoms with Crippen LogP contribution in [-0.2, 0) is 11.0 Å². The molecule has 0 fully saturated rings. The van der Waals surface area contributed by atoms with Gasteiger partial charge in [0.2, 0.25) is 5.91 Å². The zero-order valence-electron chi connectivity index (χ0n) is 10.1. The Balaban J connectivity index is 2.70. The van der Waals surface area contributed by atoms with Crippen molar-refractivity contribution in [2.75, 3.05) is 11.9 Å². The normalized spacial score (nSPS) is 12.6. The average molecular weight is 291 g/mol. The van der Waals surface area contributed by atoms with Crippen molar-refractivity contribution in [2.45, 2.75) is 12.3 Å². The van der Waals surface area contributed by atoms with Crippen LogP contribution in [0.1, 0.15) is 5.56 Å². The summed E-state index contributed by atoms with van der Waals surface area (Å²) in [6.07, 6.45) is -6.23. The molecule has 1 atom stereocenters. The molecule has 9 heteroatoms. The van der Waals surface area contributed by atoms with Gasteiger partial charge in [0, 0.05) is 0 Å². The number of urea groups is 1. The lowest BCUT2D eigenvalue weighted by atomic mass is 10.1. The first-order valence-corrected chi connectivity index (χ1v) is 5.40. The van der Waals surface area contributed by atoms with Crippen LogP contribution >= 0.6 is 0 Å². The summed E-state index contributed by atoms with van der Waals surface area (Å²) < 4.78 is 37.9. The second-order valence-corrected chi connectivity index (χ2v) is 3.80. The van der Waals surface area contributed by atoms with E-state index in [0.29, 0.717) is 0 Å². The van der Waals surface area contributed by atoms with E-state index in [0.717, 1.165) is 12.1 Å². The van der Waals surface area contributed by atoms with Gasteiger partial charge in [-0.25, -0.2) is 4.79 Å². The van der Waals surface area contributed by atoms with Crippen LogP contribution in [0.2, 0.25) is 0 Å². The van der Waals surface area contributed by atoms with Gasteiger partial charge in [0.15, 0.2) is 0 Å². The van der Waals surface area contributed by atoms with Gasteiger partial charge in [-0.05, 0) is 12.1 Å². The highest BCUT2D eigenvalue weighted by atomic mass is 19.4. The van der Waals surface area contributed by atoms with Crippen LogP contribution in [-0.4, -0.2) is 29.7 Å². The topological polar surface area (TPSA) is 104 Å². The summed E-state index contributed by atoms with van der Waals surface area (Å²) in [5, 5.41) is 13.0. The number of halogens is 3. The van der Waals surface area contributed by atoms with Gasteiger partial charge in [-0.3, -0.25) is 4.79 Å². The van der Waals surface area contributed by atoms with Gasteiger partial charge < -0.3 is 21.5 Å². The van der Waals surface area contributed by atoms with E-state index in [1.54, 1.807) is 0 Å². The van der Waals surface area contributed by atoms with E-state index in [1.165, 1.54) is 12.1 Å². The molecule has 5 N–H and O–H groups in total. The molecule has 0 radical (unpaired) electrons. The summed E-state index contributed by atoms with van der Waals surface area (Å²) in [5.41, 5.74) is 3.30. The van der Waals surface area contributed by atoms with Gasteiger partial charge >= 0.3 is 12.2 Å². The number of hydrogen-bond acceptors (Lipinski definition) is 3. The number of alkyl halides is 3. The fourth-order valence-corrected chi connectivity index (χ4v) is 1.30. The molecule has 0 spiro atoms. The Hall–Kier alpha value is -2.29. The standard InChI is InChI=1S/C11H12F3N3O3/c12-11(13,14)6-3-1-2-4-7(6)17-10(20)16-5-8(18)9(15)19/h1-4,8,18H,5H2,(H2,15,19)(H2,16,17,20). The minimum Gasteiger partial charge on any atom is -0.381 e. The minimum absolute atomic E-state index is 0.439. The first-order valence-electron chi connectivity index (χ1n) is 5.40. The molecule has 20 heavy (non-hydrogen) atoms. The second kappa shape index (κ2) is 6.24. The van der Waals surface area contributed by atoms with Crippen molar-refractivity contribution >= 4 is 17.6 Å². The van der Waals surface area contributed by atoms with Gasteiger partial charge in [-0.2, -0.15) is 13.2 Å². The van der Waals surface area contributed by atoms with Gasteiger partial charge in [0.1, 0.15) is 6.10 Å². The van der Waals surface area contributed by atoms with E-state index in [4.69, 9.17) is 10.8 Å². The molecule has 0 aliphatic carbocycles. The van der Waals surface area contributed by atoms with Crippen LogP contribution in [0, 0.1) is 0 Å². The number of nitrogens with two attached hydrogens (primary N) is 1. The van der Waals surface area contributed by atoms with Crippen LogP contribution in [0.5, 0.6) is 0 Å². The van der Waals surface area contributed by atoms with Crippen molar-refractivity contribution in [1.82, 2.24) is 5.32 Å². The Labute approximate surface area is 111 Å². The molecule has 6 nitrogen and oxygen atoms in total. The molecule has 1 unspecified atom stereocenters. The number of amides is 3. The number of aliphatic hydroxyl groups excluding tert-OH is 1. The van der Waals surface area contributed by atoms with E-state index in [2.05, 4.69) is 0 Å². The Bertz CT molecular complexity index is 505. The lowest BCUT2D eigenvalue weighted by Gasteiger charge is -2.14. The minimum atomic E-state index is -4.61. The number of carbonyl (C=O) groups is 2. The molecule has 0 saturated heterocycles. The van der Waals surface area contributed by atoms with Gasteiger partial charge in [-0.15, -0.1) is 0 Å². The number of primary amides is 1. The summed E-state index contributed by atoms with van der Waals surface area (Å²) in [6, 6.07) is 3.40. The largest absolute Gasteiger partial charge is 0.418 e. The van der Waals surface area contributed by atoms with Crippen molar-refractivity contribution in [3.05, 3.63) is 29.8 Å². The SMILES string of the molecule is NC(=O)C(O)CNC(=O)Nc1ccccc1C(F)(F)F. The van der Waals surface area contributed by atoms with Crippen LogP contribution in [0.4, 0.5) is 23.7 Å². The highest BCUT2D eigenvalue weighted by molar-refractivity contribution is 5.90. The molecule has 0 aliphatic heterocycles. The third kappa shape index (κ3) is 4.43. The molecule has 0 aliphatic rings. The fourth-order valence-electron chi connectivity index (χ4n) is 1.30. The molecule has 1 aromatic carbocycles. The monoisotopic (exact) mass is 291 g/mol. The molecule has 1 aromatic rings. The molecule has 0 heterocycles. The summed E-state index contributed by atoms with van der Waals surface area (Å²) in [7, 11) is 0. The molecular formula is C11H12F3N3O3. The smallest absolute Gasteiger partial charge is 0.381 e. The zero-order chi connectivity index (χ0) is 15.3. The number of nitrogens with one attached hydrogen (secondary N) is 2. The Morgan fingerprint density at radius 3 is 2.45 bits per heavy atom. The summed E-state index contributed by atoms with van der Waals surface area (Å²) in [6.45, 7) is -0.505. The maximum absolute atomic E-state index is 12.6. The van der Waals surface area contributed by atoms with Crippen LogP contribution in [0.15, 0.2) is 24.3 Å². The number of hydrogen-bond donors (Lipinski definition) is 4. The number of carbonyl (C=O) groups excluding carboxylic acids is 2. The first-order chi connectivity index (χ1) is 9.21. The number of rotatable bonds is 4. The lowest BCUT2D eigenvalue weighted by molar-refractivity contribution is -0.136. The highest BCUT2D eigenvalue weighted by Gasteiger charge is 2.33. The van der Waals surface area contributed by atoms with E-state index in [9.17, 15) is 22.8 Å². The third-order valence-corrected chi connectivity index (χ3v) is 2.27.